The molecule has 122 valence electrons. The highest BCUT2D eigenvalue weighted by molar-refractivity contribution is 7.89. The number of rotatable bonds is 5. The molecule has 0 radical (unpaired) electrons. The number of sulfonamides is 1. The number of nitrogens with one attached hydrogen (secondary N) is 1. The molecule has 0 unspecified atom stereocenters. The molecule has 7 nitrogen and oxygen atoms in total. The number of benzene rings is 1. The van der Waals surface area contributed by atoms with E-state index in [9.17, 15) is 18.0 Å². The van der Waals surface area contributed by atoms with E-state index in [4.69, 9.17) is 9.47 Å². The van der Waals surface area contributed by atoms with Crippen LogP contribution in [0.2, 0.25) is 0 Å². The minimum Gasteiger partial charge on any atom is -0.457 e. The van der Waals surface area contributed by atoms with Crippen molar-refractivity contribution in [3.8, 4) is 0 Å². The lowest BCUT2D eigenvalue weighted by Gasteiger charge is -2.19. The van der Waals surface area contributed by atoms with E-state index in [2.05, 4.69) is 4.72 Å². The van der Waals surface area contributed by atoms with Gasteiger partial charge in [0.1, 0.15) is 5.60 Å². The average molecular weight is 329 g/mol. The monoisotopic (exact) mass is 329 g/mol. The molecule has 0 spiro atoms. The van der Waals surface area contributed by atoms with Gasteiger partial charge in [0.2, 0.25) is 10.0 Å². The lowest BCUT2D eigenvalue weighted by molar-refractivity contribution is -0.158. The highest BCUT2D eigenvalue weighted by Gasteiger charge is 2.18. The van der Waals surface area contributed by atoms with Gasteiger partial charge in [-0.05, 0) is 52.1 Å². The predicted molar refractivity (Wildman–Crippen MR) is 78.8 cm³/mol. The van der Waals surface area contributed by atoms with Gasteiger partial charge < -0.3 is 9.47 Å². The molecule has 1 rings (SSSR count). The maximum atomic E-state index is 11.8. The average Bonchev–Trinajstić information content (AvgIpc) is 2.43. The van der Waals surface area contributed by atoms with Crippen LogP contribution in [-0.2, 0) is 24.3 Å². The number of carbonyl (C=O) groups excluding carboxylic acids is 2. The van der Waals surface area contributed by atoms with Crippen molar-refractivity contribution in [1.82, 2.24) is 4.72 Å². The molecule has 1 aromatic carbocycles. The summed E-state index contributed by atoms with van der Waals surface area (Å²) in [4.78, 5) is 23.2. The first kappa shape index (κ1) is 18.1. The molecule has 0 saturated carbocycles. The Morgan fingerprint density at radius 2 is 1.68 bits per heavy atom. The van der Waals surface area contributed by atoms with E-state index in [1.54, 1.807) is 20.8 Å². The second-order valence-electron chi connectivity index (χ2n) is 5.39. The zero-order chi connectivity index (χ0) is 17.0. The maximum Gasteiger partial charge on any atom is 0.344 e. The highest BCUT2D eigenvalue weighted by Crippen LogP contribution is 2.11. The molecule has 0 aliphatic carbocycles. The topological polar surface area (TPSA) is 98.8 Å². The fraction of sp³-hybridized carbons (Fsp3) is 0.429. The smallest absolute Gasteiger partial charge is 0.344 e. The third kappa shape index (κ3) is 5.45. The highest BCUT2D eigenvalue weighted by atomic mass is 32.2. The zero-order valence-corrected chi connectivity index (χ0v) is 13.7. The first-order chi connectivity index (χ1) is 10.0. The summed E-state index contributed by atoms with van der Waals surface area (Å²) in [6, 6.07) is 5.16. The Hall–Kier alpha value is -1.93. The van der Waals surface area contributed by atoms with Crippen LogP contribution < -0.4 is 4.72 Å². The van der Waals surface area contributed by atoms with Gasteiger partial charge in [-0.2, -0.15) is 0 Å². The molecule has 0 fully saturated rings. The van der Waals surface area contributed by atoms with Crippen LogP contribution in [0.5, 0.6) is 0 Å². The predicted octanol–water partition coefficient (Wildman–Crippen LogP) is 1.09. The second kappa shape index (κ2) is 6.89. The SMILES string of the molecule is CNS(=O)(=O)c1ccc(C(=O)OCC(=O)OC(C)(C)C)cc1. The second-order valence-corrected chi connectivity index (χ2v) is 7.28. The Balaban J connectivity index is 2.66. The van der Waals surface area contributed by atoms with Gasteiger partial charge in [-0.25, -0.2) is 22.7 Å². The molecular formula is C14H19NO6S. The van der Waals surface area contributed by atoms with Gasteiger partial charge in [0.25, 0.3) is 0 Å². The van der Waals surface area contributed by atoms with Gasteiger partial charge >= 0.3 is 11.9 Å². The van der Waals surface area contributed by atoms with Crippen molar-refractivity contribution in [1.29, 1.82) is 0 Å². The zero-order valence-electron chi connectivity index (χ0n) is 12.9. The number of ether oxygens (including phenoxy) is 2. The Morgan fingerprint density at radius 3 is 2.14 bits per heavy atom. The molecule has 8 heteroatoms. The van der Waals surface area contributed by atoms with Crippen molar-refractivity contribution in [2.24, 2.45) is 0 Å². The summed E-state index contributed by atoms with van der Waals surface area (Å²) < 4.78 is 35.1. The van der Waals surface area contributed by atoms with E-state index in [0.29, 0.717) is 0 Å². The molecule has 1 aromatic rings. The van der Waals surface area contributed by atoms with Crippen LogP contribution in [0.3, 0.4) is 0 Å². The number of esters is 2. The molecule has 1 N–H and O–H groups in total. The first-order valence-electron chi connectivity index (χ1n) is 6.48. The summed E-state index contributed by atoms with van der Waals surface area (Å²) in [5.41, 5.74) is -0.522. The molecule has 0 aromatic heterocycles. The minimum atomic E-state index is -3.56. The van der Waals surface area contributed by atoms with E-state index >= 15 is 0 Å². The Labute approximate surface area is 129 Å². The Bertz CT molecular complexity index is 643. The first-order valence-corrected chi connectivity index (χ1v) is 7.96. The molecular weight excluding hydrogens is 310 g/mol. The summed E-state index contributed by atoms with van der Waals surface area (Å²) in [7, 11) is -2.27. The molecule has 0 amide bonds. The van der Waals surface area contributed by atoms with Gasteiger partial charge in [0.05, 0.1) is 10.5 Å². The van der Waals surface area contributed by atoms with E-state index in [1.807, 2.05) is 0 Å². The molecule has 0 aliphatic heterocycles. The minimum absolute atomic E-state index is 0.0266. The molecule has 0 saturated heterocycles. The van der Waals surface area contributed by atoms with Crippen LogP contribution >= 0.6 is 0 Å². The molecule has 0 bridgehead atoms. The molecule has 0 atom stereocenters. The van der Waals surface area contributed by atoms with Crippen LogP contribution in [0.15, 0.2) is 29.2 Å². The largest absolute Gasteiger partial charge is 0.457 e. The van der Waals surface area contributed by atoms with Crippen LogP contribution in [0.1, 0.15) is 31.1 Å². The van der Waals surface area contributed by atoms with Crippen molar-refractivity contribution in [3.05, 3.63) is 29.8 Å². The van der Waals surface area contributed by atoms with Gasteiger partial charge in [0.15, 0.2) is 6.61 Å². The maximum absolute atomic E-state index is 11.8. The third-order valence-electron chi connectivity index (χ3n) is 2.41. The number of hydrogen-bond acceptors (Lipinski definition) is 6. The van der Waals surface area contributed by atoms with Crippen LogP contribution in [0, 0.1) is 0 Å². The van der Waals surface area contributed by atoms with Gasteiger partial charge in [0, 0.05) is 0 Å². The lowest BCUT2D eigenvalue weighted by Crippen LogP contribution is -2.27. The fourth-order valence-electron chi connectivity index (χ4n) is 1.47. The normalized spacial score (nSPS) is 11.8. The lowest BCUT2D eigenvalue weighted by atomic mass is 10.2. The van der Waals surface area contributed by atoms with E-state index in [1.165, 1.54) is 31.3 Å². The quantitative estimate of drug-likeness (QED) is 0.812. The van der Waals surface area contributed by atoms with Gasteiger partial charge in [-0.15, -0.1) is 0 Å². The summed E-state index contributed by atoms with van der Waals surface area (Å²) in [5, 5.41) is 0. The Morgan fingerprint density at radius 1 is 1.14 bits per heavy atom. The van der Waals surface area contributed by atoms with Crippen LogP contribution in [0.25, 0.3) is 0 Å². The third-order valence-corrected chi connectivity index (χ3v) is 3.84. The molecule has 0 aliphatic rings. The van der Waals surface area contributed by atoms with Crippen molar-refractivity contribution in [3.63, 3.8) is 0 Å². The van der Waals surface area contributed by atoms with E-state index in [0.717, 1.165) is 0 Å². The summed E-state index contributed by atoms with van der Waals surface area (Å²) in [5.74, 6) is -1.39. The van der Waals surface area contributed by atoms with Gasteiger partial charge in [-0.1, -0.05) is 0 Å². The van der Waals surface area contributed by atoms with Crippen molar-refractivity contribution in [2.45, 2.75) is 31.3 Å². The van der Waals surface area contributed by atoms with E-state index in [-0.39, 0.29) is 10.5 Å². The van der Waals surface area contributed by atoms with Crippen LogP contribution in [0.4, 0.5) is 0 Å². The number of hydrogen-bond donors (Lipinski definition) is 1. The van der Waals surface area contributed by atoms with E-state index < -0.39 is 34.2 Å². The number of carbonyl (C=O) groups is 2. The van der Waals surface area contributed by atoms with Crippen molar-refractivity contribution < 1.29 is 27.5 Å². The van der Waals surface area contributed by atoms with Crippen molar-refractivity contribution >= 4 is 22.0 Å². The standard InChI is InChI=1S/C14H19NO6S/c1-14(2,3)21-12(16)9-20-13(17)10-5-7-11(8-6-10)22(18,19)15-4/h5-8,15H,9H2,1-4H3. The van der Waals surface area contributed by atoms with Gasteiger partial charge in [-0.3, -0.25) is 0 Å². The molecule has 22 heavy (non-hydrogen) atoms. The fourth-order valence-corrected chi connectivity index (χ4v) is 2.20. The van der Waals surface area contributed by atoms with Crippen molar-refractivity contribution in [2.75, 3.05) is 13.7 Å². The van der Waals surface area contributed by atoms with Crippen LogP contribution in [-0.4, -0.2) is 39.6 Å². The Kier molecular flexibility index (Phi) is 5.67. The summed E-state index contributed by atoms with van der Waals surface area (Å²) >= 11 is 0. The molecule has 0 heterocycles. The summed E-state index contributed by atoms with van der Waals surface area (Å²) in [6.45, 7) is 4.60. The summed E-state index contributed by atoms with van der Waals surface area (Å²) in [6.07, 6.45) is 0.